The number of alkyl carbamates (subject to hydrolysis) is 1. The predicted molar refractivity (Wildman–Crippen MR) is 73.0 cm³/mol. The van der Waals surface area contributed by atoms with Gasteiger partial charge < -0.3 is 20.1 Å². The fourth-order valence-electron chi connectivity index (χ4n) is 0.987. The van der Waals surface area contributed by atoms with Gasteiger partial charge in [-0.1, -0.05) is 6.58 Å². The van der Waals surface area contributed by atoms with E-state index in [0.717, 1.165) is 0 Å². The normalized spacial score (nSPS) is 10.4. The molecule has 0 aromatic rings. The van der Waals surface area contributed by atoms with Crippen LogP contribution >= 0.6 is 0 Å². The molecule has 2 amide bonds. The maximum atomic E-state index is 11.4. The first-order chi connectivity index (χ1) is 9.11. The van der Waals surface area contributed by atoms with Crippen molar-refractivity contribution in [3.05, 3.63) is 12.2 Å². The summed E-state index contributed by atoms with van der Waals surface area (Å²) in [5.74, 6) is -0.909. The summed E-state index contributed by atoms with van der Waals surface area (Å²) in [6, 6.07) is 0. The summed E-state index contributed by atoms with van der Waals surface area (Å²) in [6.45, 7) is 10.1. The summed E-state index contributed by atoms with van der Waals surface area (Å²) in [5, 5.41) is 4.79. The molecule has 0 aliphatic heterocycles. The van der Waals surface area contributed by atoms with E-state index in [2.05, 4.69) is 17.2 Å². The van der Waals surface area contributed by atoms with Crippen LogP contribution in [0.25, 0.3) is 0 Å². The van der Waals surface area contributed by atoms with Crippen LogP contribution in [0.15, 0.2) is 12.2 Å². The molecule has 0 spiro atoms. The summed E-state index contributed by atoms with van der Waals surface area (Å²) in [7, 11) is 0. The second kappa shape index (κ2) is 8.19. The number of carbonyl (C=O) groups excluding carboxylic acids is 3. The lowest BCUT2D eigenvalue weighted by molar-refractivity contribution is -0.139. The lowest BCUT2D eigenvalue weighted by atomic mass is 10.2. The predicted octanol–water partition coefficient (Wildman–Crippen LogP) is 0.747. The molecular formula is C13H22N2O5. The highest BCUT2D eigenvalue weighted by Gasteiger charge is 2.16. The number of ether oxygens (including phenoxy) is 2. The van der Waals surface area contributed by atoms with Gasteiger partial charge in [0.2, 0.25) is 5.91 Å². The molecule has 20 heavy (non-hydrogen) atoms. The van der Waals surface area contributed by atoms with Crippen molar-refractivity contribution in [3.8, 4) is 0 Å². The lowest BCUT2D eigenvalue weighted by Gasteiger charge is -2.19. The van der Waals surface area contributed by atoms with E-state index in [9.17, 15) is 14.4 Å². The van der Waals surface area contributed by atoms with Crippen molar-refractivity contribution in [2.45, 2.75) is 33.3 Å². The minimum absolute atomic E-state index is 0.0455. The van der Waals surface area contributed by atoms with Gasteiger partial charge in [-0.3, -0.25) is 4.79 Å². The van der Waals surface area contributed by atoms with Crippen LogP contribution in [0.5, 0.6) is 0 Å². The van der Waals surface area contributed by atoms with Crippen LogP contribution in [0.4, 0.5) is 4.79 Å². The first-order valence-electron chi connectivity index (χ1n) is 6.18. The molecule has 7 nitrogen and oxygen atoms in total. The van der Waals surface area contributed by atoms with Crippen molar-refractivity contribution >= 4 is 18.0 Å². The molecule has 0 bridgehead atoms. The fourth-order valence-corrected chi connectivity index (χ4v) is 0.987. The Bertz CT molecular complexity index is 385. The monoisotopic (exact) mass is 286 g/mol. The van der Waals surface area contributed by atoms with Crippen molar-refractivity contribution in [1.29, 1.82) is 0 Å². The average molecular weight is 286 g/mol. The van der Waals surface area contributed by atoms with Crippen molar-refractivity contribution in [3.63, 3.8) is 0 Å². The molecule has 0 atom stereocenters. The first-order valence-corrected chi connectivity index (χ1v) is 6.18. The van der Waals surface area contributed by atoms with E-state index in [0.29, 0.717) is 5.57 Å². The Morgan fingerprint density at radius 1 is 1.15 bits per heavy atom. The van der Waals surface area contributed by atoms with Gasteiger partial charge in [0.1, 0.15) is 12.2 Å². The van der Waals surface area contributed by atoms with E-state index in [1.807, 2.05) is 0 Å². The molecule has 0 radical (unpaired) electrons. The number of hydrogen-bond donors (Lipinski definition) is 2. The second-order valence-corrected chi connectivity index (χ2v) is 5.12. The number of nitrogens with one attached hydrogen (secondary N) is 2. The van der Waals surface area contributed by atoms with Crippen molar-refractivity contribution in [2.75, 3.05) is 19.7 Å². The van der Waals surface area contributed by atoms with Crippen molar-refractivity contribution in [2.24, 2.45) is 0 Å². The maximum absolute atomic E-state index is 11.4. The summed E-state index contributed by atoms with van der Waals surface area (Å²) >= 11 is 0. The highest BCUT2D eigenvalue weighted by Crippen LogP contribution is 2.05. The van der Waals surface area contributed by atoms with E-state index in [4.69, 9.17) is 9.47 Å². The topological polar surface area (TPSA) is 93.7 Å². The molecule has 0 aliphatic rings. The highest BCUT2D eigenvalue weighted by atomic mass is 16.6. The summed E-state index contributed by atoms with van der Waals surface area (Å²) in [6.07, 6.45) is -0.665. The van der Waals surface area contributed by atoms with Gasteiger partial charge in [-0.05, 0) is 27.7 Å². The molecule has 0 fully saturated rings. The van der Waals surface area contributed by atoms with Gasteiger partial charge in [0.25, 0.3) is 0 Å². The fraction of sp³-hybridized carbons (Fsp3) is 0.615. The Morgan fingerprint density at radius 2 is 1.75 bits per heavy atom. The largest absolute Gasteiger partial charge is 0.460 e. The molecule has 0 aromatic carbocycles. The van der Waals surface area contributed by atoms with E-state index in [1.165, 1.54) is 6.92 Å². The summed E-state index contributed by atoms with van der Waals surface area (Å²) in [5.41, 5.74) is -0.319. The zero-order valence-corrected chi connectivity index (χ0v) is 12.4. The van der Waals surface area contributed by atoms with E-state index < -0.39 is 23.6 Å². The average Bonchev–Trinajstić information content (AvgIpc) is 2.29. The zero-order valence-electron chi connectivity index (χ0n) is 12.4. The highest BCUT2D eigenvalue weighted by molar-refractivity contribution is 5.87. The number of amides is 2. The Labute approximate surface area is 118 Å². The van der Waals surface area contributed by atoms with Crippen LogP contribution in [0.3, 0.4) is 0 Å². The molecule has 0 saturated carbocycles. The zero-order chi connectivity index (χ0) is 15.8. The number of carbonyl (C=O) groups is 3. The Morgan fingerprint density at radius 3 is 2.25 bits per heavy atom. The molecule has 0 saturated heterocycles. The Balaban J connectivity index is 3.72. The van der Waals surface area contributed by atoms with Crippen molar-refractivity contribution < 1.29 is 23.9 Å². The van der Waals surface area contributed by atoms with Gasteiger partial charge in [0, 0.05) is 5.57 Å². The molecule has 0 unspecified atom stereocenters. The van der Waals surface area contributed by atoms with E-state index in [-0.39, 0.29) is 19.7 Å². The maximum Gasteiger partial charge on any atom is 0.408 e. The molecule has 114 valence electrons. The van der Waals surface area contributed by atoms with Crippen LogP contribution in [0, 0.1) is 0 Å². The quantitative estimate of drug-likeness (QED) is 0.427. The second-order valence-electron chi connectivity index (χ2n) is 5.12. The van der Waals surface area contributed by atoms with Crippen LogP contribution < -0.4 is 10.6 Å². The Kier molecular flexibility index (Phi) is 7.35. The lowest BCUT2D eigenvalue weighted by Crippen LogP contribution is -2.40. The molecule has 0 aliphatic carbocycles. The summed E-state index contributed by atoms with van der Waals surface area (Å²) < 4.78 is 9.74. The van der Waals surface area contributed by atoms with Gasteiger partial charge >= 0.3 is 12.1 Å². The third-order valence-electron chi connectivity index (χ3n) is 1.80. The van der Waals surface area contributed by atoms with Crippen molar-refractivity contribution in [1.82, 2.24) is 10.6 Å². The van der Waals surface area contributed by atoms with E-state index in [1.54, 1.807) is 20.8 Å². The number of esters is 1. The van der Waals surface area contributed by atoms with Gasteiger partial charge in [0.05, 0.1) is 13.1 Å². The molecular weight excluding hydrogens is 264 g/mol. The van der Waals surface area contributed by atoms with Crippen LogP contribution in [-0.4, -0.2) is 43.3 Å². The minimum atomic E-state index is -0.665. The standard InChI is InChI=1S/C13H22N2O5/c1-9(2)11(17)19-7-6-14-10(16)8-15-12(18)20-13(3,4)5/h1,6-8H2,2-5H3,(H,14,16)(H,15,18). The SMILES string of the molecule is C=C(C)C(=O)OCCNC(=O)CNC(=O)OC(C)(C)C. The molecule has 2 N–H and O–H groups in total. The van der Waals surface area contributed by atoms with Crippen LogP contribution in [-0.2, 0) is 19.1 Å². The first kappa shape index (κ1) is 17.9. The Hall–Kier alpha value is -2.05. The molecule has 0 heterocycles. The number of rotatable bonds is 6. The van der Waals surface area contributed by atoms with Gasteiger partial charge in [0.15, 0.2) is 0 Å². The third kappa shape index (κ3) is 9.93. The summed E-state index contributed by atoms with van der Waals surface area (Å²) in [4.78, 5) is 33.6. The van der Waals surface area contributed by atoms with Crippen LogP contribution in [0.1, 0.15) is 27.7 Å². The minimum Gasteiger partial charge on any atom is -0.460 e. The molecule has 7 heteroatoms. The smallest absolute Gasteiger partial charge is 0.408 e. The van der Waals surface area contributed by atoms with Gasteiger partial charge in [-0.15, -0.1) is 0 Å². The van der Waals surface area contributed by atoms with Crippen LogP contribution in [0.2, 0.25) is 0 Å². The third-order valence-corrected chi connectivity index (χ3v) is 1.80. The van der Waals surface area contributed by atoms with E-state index >= 15 is 0 Å². The molecule has 0 aromatic heterocycles. The van der Waals surface area contributed by atoms with Gasteiger partial charge in [-0.25, -0.2) is 9.59 Å². The molecule has 0 rings (SSSR count). The number of hydrogen-bond acceptors (Lipinski definition) is 5. The van der Waals surface area contributed by atoms with Gasteiger partial charge in [-0.2, -0.15) is 0 Å².